The van der Waals surface area contributed by atoms with Gasteiger partial charge in [0.05, 0.1) is 0 Å². The summed E-state index contributed by atoms with van der Waals surface area (Å²) in [5, 5.41) is 0. The predicted molar refractivity (Wildman–Crippen MR) is 27.3 cm³/mol. The topological polar surface area (TPSA) is 35.5 Å². The van der Waals surface area contributed by atoms with Crippen LogP contribution in [0.3, 0.4) is 0 Å². The fourth-order valence-corrected chi connectivity index (χ4v) is 0.752. The molecule has 0 spiro atoms. The van der Waals surface area contributed by atoms with Gasteiger partial charge in [-0.05, 0) is 0 Å². The lowest BCUT2D eigenvalue weighted by molar-refractivity contribution is -0.380. The molecule has 1 rings (SSSR count). The lowest BCUT2D eigenvalue weighted by atomic mass is 10.1. The van der Waals surface area contributed by atoms with Crippen molar-refractivity contribution >= 4 is 6.16 Å². The Bertz CT molecular complexity index is 287. The molecule has 1 fully saturated rings. The zero-order valence-electron chi connectivity index (χ0n) is 6.45. The Morgan fingerprint density at radius 2 is 1.67 bits per heavy atom. The molecule has 0 aromatic heterocycles. The summed E-state index contributed by atoms with van der Waals surface area (Å²) in [6, 6.07) is 0. The number of rotatable bonds is 1. The molecule has 0 aliphatic carbocycles. The van der Waals surface area contributed by atoms with Gasteiger partial charge in [-0.1, -0.05) is 0 Å². The van der Waals surface area contributed by atoms with Crippen LogP contribution in [0.25, 0.3) is 0 Å². The van der Waals surface area contributed by atoms with E-state index in [9.17, 15) is 35.5 Å². The number of halogens is 7. The third-order valence-electron chi connectivity index (χ3n) is 1.51. The molecule has 2 unspecified atom stereocenters. The van der Waals surface area contributed by atoms with Gasteiger partial charge in [-0.15, -0.1) is 0 Å². The SMILES string of the molecule is O=C1OC(F)C(F)(C(F)(F)C(F)(F)F)O1. The van der Waals surface area contributed by atoms with Gasteiger partial charge in [-0.25, -0.2) is 4.79 Å². The van der Waals surface area contributed by atoms with Crippen molar-refractivity contribution in [1.82, 2.24) is 0 Å². The van der Waals surface area contributed by atoms with Gasteiger partial charge in [-0.3, -0.25) is 0 Å². The molecular weight excluding hydrogens is 241 g/mol. The maximum atomic E-state index is 12.8. The smallest absolute Gasteiger partial charge is 0.392 e. The van der Waals surface area contributed by atoms with Crippen molar-refractivity contribution in [3.63, 3.8) is 0 Å². The summed E-state index contributed by atoms with van der Waals surface area (Å²) in [4.78, 5) is 10.0. The number of alkyl halides is 7. The van der Waals surface area contributed by atoms with Crippen LogP contribution in [0.2, 0.25) is 0 Å². The van der Waals surface area contributed by atoms with Crippen molar-refractivity contribution in [1.29, 1.82) is 0 Å². The average Bonchev–Trinajstić information content (AvgIpc) is 2.24. The summed E-state index contributed by atoms with van der Waals surface area (Å²) in [7, 11) is 0. The van der Waals surface area contributed by atoms with Crippen molar-refractivity contribution in [2.24, 2.45) is 0 Å². The minimum Gasteiger partial charge on any atom is -0.392 e. The molecule has 0 bridgehead atoms. The van der Waals surface area contributed by atoms with Gasteiger partial charge >= 0.3 is 30.5 Å². The van der Waals surface area contributed by atoms with Gasteiger partial charge < -0.3 is 9.47 Å². The molecule has 10 heteroatoms. The molecule has 1 aliphatic heterocycles. The van der Waals surface area contributed by atoms with Gasteiger partial charge in [0.1, 0.15) is 0 Å². The molecule has 0 radical (unpaired) electrons. The van der Waals surface area contributed by atoms with Crippen LogP contribution < -0.4 is 0 Å². The zero-order valence-corrected chi connectivity index (χ0v) is 6.45. The molecule has 1 saturated heterocycles. The monoisotopic (exact) mass is 242 g/mol. The minimum absolute atomic E-state index is 2.28. The summed E-state index contributed by atoms with van der Waals surface area (Å²) in [6.45, 7) is 0. The summed E-state index contributed by atoms with van der Waals surface area (Å²) < 4.78 is 90.7. The van der Waals surface area contributed by atoms with Crippen LogP contribution >= 0.6 is 0 Å². The first-order valence-corrected chi connectivity index (χ1v) is 3.19. The second kappa shape index (κ2) is 2.89. The third-order valence-corrected chi connectivity index (χ3v) is 1.51. The fraction of sp³-hybridized carbons (Fsp3) is 0.800. The van der Waals surface area contributed by atoms with E-state index in [1.165, 1.54) is 0 Å². The Morgan fingerprint density at radius 1 is 1.20 bits per heavy atom. The molecule has 0 aromatic carbocycles. The van der Waals surface area contributed by atoms with E-state index >= 15 is 0 Å². The molecule has 88 valence electrons. The predicted octanol–water partition coefficient (Wildman–Crippen LogP) is 2.31. The normalized spacial score (nSPS) is 32.5. The third kappa shape index (κ3) is 1.47. The van der Waals surface area contributed by atoms with Gasteiger partial charge in [0.15, 0.2) is 0 Å². The minimum atomic E-state index is -6.42. The maximum Gasteiger partial charge on any atom is 0.514 e. The summed E-state index contributed by atoms with van der Waals surface area (Å²) in [5.74, 6) is -11.4. The van der Waals surface area contributed by atoms with Crippen LogP contribution in [0.4, 0.5) is 35.5 Å². The van der Waals surface area contributed by atoms with Gasteiger partial charge in [0.25, 0.3) is 0 Å². The van der Waals surface area contributed by atoms with E-state index in [-0.39, 0.29) is 0 Å². The molecule has 15 heavy (non-hydrogen) atoms. The number of hydrogen-bond donors (Lipinski definition) is 0. The Balaban J connectivity index is 3.11. The van der Waals surface area contributed by atoms with Crippen LogP contribution in [0.1, 0.15) is 0 Å². The fourth-order valence-electron chi connectivity index (χ4n) is 0.752. The van der Waals surface area contributed by atoms with Crippen molar-refractivity contribution in [2.75, 3.05) is 0 Å². The van der Waals surface area contributed by atoms with E-state index in [1.807, 2.05) is 0 Å². The molecule has 1 aliphatic rings. The summed E-state index contributed by atoms with van der Waals surface area (Å²) >= 11 is 0. The van der Waals surface area contributed by atoms with Crippen LogP contribution in [0.5, 0.6) is 0 Å². The highest BCUT2D eigenvalue weighted by molar-refractivity contribution is 5.63. The highest BCUT2D eigenvalue weighted by atomic mass is 19.4. The van der Waals surface area contributed by atoms with E-state index in [2.05, 4.69) is 9.47 Å². The molecule has 0 aromatic rings. The molecule has 1 heterocycles. The van der Waals surface area contributed by atoms with Crippen molar-refractivity contribution in [3.05, 3.63) is 0 Å². The molecular formula is C5HF7O3. The standard InChI is InChI=1S/C5HF7O3/c6-1-3(7,15-2(13)14-1)4(8,9)5(10,11)12/h1H. The van der Waals surface area contributed by atoms with E-state index in [0.29, 0.717) is 0 Å². The van der Waals surface area contributed by atoms with Crippen molar-refractivity contribution in [3.8, 4) is 0 Å². The van der Waals surface area contributed by atoms with Crippen LogP contribution in [0, 0.1) is 0 Å². The Labute approximate surface area is 76.7 Å². The molecule has 0 saturated carbocycles. The van der Waals surface area contributed by atoms with Crippen LogP contribution in [0.15, 0.2) is 0 Å². The first-order valence-electron chi connectivity index (χ1n) is 3.19. The van der Waals surface area contributed by atoms with Gasteiger partial charge in [0, 0.05) is 0 Å². The van der Waals surface area contributed by atoms with Crippen LogP contribution in [-0.4, -0.2) is 30.5 Å². The van der Waals surface area contributed by atoms with E-state index in [4.69, 9.17) is 0 Å². The highest BCUT2D eigenvalue weighted by Crippen LogP contribution is 2.50. The van der Waals surface area contributed by atoms with E-state index in [0.717, 1.165) is 0 Å². The quantitative estimate of drug-likeness (QED) is 0.522. The lowest BCUT2D eigenvalue weighted by Gasteiger charge is -2.28. The second-order valence-corrected chi connectivity index (χ2v) is 2.50. The number of ether oxygens (including phenoxy) is 2. The molecule has 0 amide bonds. The van der Waals surface area contributed by atoms with Gasteiger partial charge in [0.2, 0.25) is 0 Å². The Kier molecular flexibility index (Phi) is 2.28. The summed E-state index contributed by atoms with van der Waals surface area (Å²) in [6.07, 6.45) is -12.5. The molecule has 2 atom stereocenters. The number of carbonyl (C=O) groups is 1. The number of cyclic esters (lactones) is 2. The largest absolute Gasteiger partial charge is 0.514 e. The van der Waals surface area contributed by atoms with Crippen molar-refractivity contribution < 1.29 is 45.0 Å². The molecule has 3 nitrogen and oxygen atoms in total. The first-order chi connectivity index (χ1) is 6.52. The molecule has 0 N–H and O–H groups in total. The van der Waals surface area contributed by atoms with Crippen LogP contribution in [-0.2, 0) is 9.47 Å². The number of carbonyl (C=O) groups excluding carboxylic acids is 1. The second-order valence-electron chi connectivity index (χ2n) is 2.50. The number of hydrogen-bond acceptors (Lipinski definition) is 3. The first kappa shape index (κ1) is 11.9. The van der Waals surface area contributed by atoms with E-state index in [1.54, 1.807) is 0 Å². The van der Waals surface area contributed by atoms with E-state index < -0.39 is 30.5 Å². The zero-order chi connectivity index (χ0) is 12.1. The highest BCUT2D eigenvalue weighted by Gasteiger charge is 2.80. The Morgan fingerprint density at radius 3 is 1.93 bits per heavy atom. The van der Waals surface area contributed by atoms with Gasteiger partial charge in [-0.2, -0.15) is 30.7 Å². The average molecular weight is 242 g/mol. The lowest BCUT2D eigenvalue weighted by Crippen LogP contribution is -2.58. The summed E-state index contributed by atoms with van der Waals surface area (Å²) in [5.41, 5.74) is 0. The maximum absolute atomic E-state index is 12.8. The van der Waals surface area contributed by atoms with Crippen molar-refractivity contribution in [2.45, 2.75) is 24.3 Å². The Hall–Kier alpha value is -1.22.